The van der Waals surface area contributed by atoms with E-state index in [9.17, 15) is 35.4 Å². The highest BCUT2D eigenvalue weighted by atomic mass is 16.7. The second-order valence-corrected chi connectivity index (χ2v) is 6.88. The molecule has 1 aliphatic rings. The normalized spacial score (nSPS) is 27.4. The monoisotopic (exact) mass is 406 g/mol. The lowest BCUT2D eigenvalue weighted by atomic mass is 10.00. The van der Waals surface area contributed by atoms with Gasteiger partial charge in [0.05, 0.1) is 11.5 Å². The van der Waals surface area contributed by atoms with Crippen molar-refractivity contribution in [2.24, 2.45) is 0 Å². The van der Waals surface area contributed by atoms with Crippen molar-refractivity contribution in [1.82, 2.24) is 0 Å². The largest absolute Gasteiger partial charge is 0.508 e. The zero-order valence-corrected chi connectivity index (χ0v) is 15.0. The molecule has 1 aromatic heterocycles. The first-order chi connectivity index (χ1) is 13.7. The molecule has 1 fully saturated rings. The molecule has 0 bridgehead atoms. The zero-order chi connectivity index (χ0) is 21.0. The van der Waals surface area contributed by atoms with Crippen LogP contribution in [0.3, 0.4) is 0 Å². The smallest absolute Gasteiger partial charge is 0.229 e. The molecule has 0 spiro atoms. The average molecular weight is 406 g/mol. The molecule has 0 amide bonds. The fourth-order valence-corrected chi connectivity index (χ4v) is 3.28. The van der Waals surface area contributed by atoms with E-state index in [1.54, 1.807) is 0 Å². The summed E-state index contributed by atoms with van der Waals surface area (Å²) in [5, 5.41) is 59.0. The third kappa shape index (κ3) is 3.12. The number of ether oxygens (including phenoxy) is 2. The highest BCUT2D eigenvalue weighted by Crippen LogP contribution is 2.36. The van der Waals surface area contributed by atoms with Gasteiger partial charge in [-0.2, -0.15) is 0 Å². The Labute approximate surface area is 162 Å². The Bertz CT molecular complexity index is 1150. The maximum atomic E-state index is 13.0. The quantitative estimate of drug-likeness (QED) is 0.256. The van der Waals surface area contributed by atoms with Crippen LogP contribution in [0.15, 0.2) is 33.5 Å². The van der Waals surface area contributed by atoms with Crippen LogP contribution in [-0.2, 0) is 4.74 Å². The van der Waals surface area contributed by atoms with Crippen LogP contribution in [0, 0.1) is 0 Å². The summed E-state index contributed by atoms with van der Waals surface area (Å²) in [5.74, 6) is -1.54. The molecule has 0 radical (unpaired) electrons. The Morgan fingerprint density at radius 1 is 0.897 bits per heavy atom. The lowest BCUT2D eigenvalue weighted by Crippen LogP contribution is -2.58. The van der Waals surface area contributed by atoms with E-state index >= 15 is 0 Å². The Hall–Kier alpha value is -3.05. The topological polar surface area (TPSA) is 170 Å². The van der Waals surface area contributed by atoms with E-state index in [-0.39, 0.29) is 33.4 Å². The van der Waals surface area contributed by atoms with Crippen molar-refractivity contribution in [3.63, 3.8) is 0 Å². The van der Waals surface area contributed by atoms with Crippen molar-refractivity contribution in [2.45, 2.75) is 37.6 Å². The summed E-state index contributed by atoms with van der Waals surface area (Å²) in [4.78, 5) is 13.0. The van der Waals surface area contributed by atoms with Gasteiger partial charge in [-0.25, -0.2) is 0 Å². The summed E-state index contributed by atoms with van der Waals surface area (Å²) in [7, 11) is 0. The maximum absolute atomic E-state index is 13.0. The molecule has 154 valence electrons. The van der Waals surface area contributed by atoms with Gasteiger partial charge in [-0.1, -0.05) is 0 Å². The molecule has 5 atom stereocenters. The SMILES string of the molecule is C[C@@H]1O[C@H](Oc2cc(O)cc3oc4cc(O)c(O)cc4c(=O)c23)[C@@H](O)[C@@H](O)[C@H]1O. The first-order valence-electron chi connectivity index (χ1n) is 8.69. The van der Waals surface area contributed by atoms with Crippen molar-refractivity contribution in [3.8, 4) is 23.0 Å². The minimum atomic E-state index is -1.63. The van der Waals surface area contributed by atoms with Crippen LogP contribution in [-0.4, -0.2) is 61.3 Å². The Morgan fingerprint density at radius 3 is 2.31 bits per heavy atom. The van der Waals surface area contributed by atoms with Crippen LogP contribution in [0.1, 0.15) is 6.92 Å². The number of aliphatic hydroxyl groups is 3. The van der Waals surface area contributed by atoms with E-state index in [4.69, 9.17) is 13.9 Å². The number of aromatic hydroxyl groups is 3. The molecule has 4 rings (SSSR count). The summed E-state index contributed by atoms with van der Waals surface area (Å²) in [6, 6.07) is 4.35. The van der Waals surface area contributed by atoms with Crippen molar-refractivity contribution in [2.75, 3.05) is 0 Å². The molecule has 2 aromatic carbocycles. The summed E-state index contributed by atoms with van der Waals surface area (Å²) >= 11 is 0. The van der Waals surface area contributed by atoms with Crippen LogP contribution in [0.2, 0.25) is 0 Å². The van der Waals surface area contributed by atoms with Gasteiger partial charge < -0.3 is 44.5 Å². The van der Waals surface area contributed by atoms with E-state index in [0.29, 0.717) is 0 Å². The molecular weight excluding hydrogens is 388 g/mol. The van der Waals surface area contributed by atoms with Gasteiger partial charge in [0.1, 0.15) is 46.4 Å². The molecule has 2 heterocycles. The lowest BCUT2D eigenvalue weighted by molar-refractivity contribution is -0.267. The average Bonchev–Trinajstić information content (AvgIpc) is 2.65. The highest BCUT2D eigenvalue weighted by Gasteiger charge is 2.43. The van der Waals surface area contributed by atoms with Crippen molar-refractivity contribution < 1.29 is 44.5 Å². The van der Waals surface area contributed by atoms with E-state index in [2.05, 4.69) is 0 Å². The molecule has 1 aliphatic heterocycles. The second kappa shape index (κ2) is 6.78. The summed E-state index contributed by atoms with van der Waals surface area (Å²) in [6.45, 7) is 1.47. The molecule has 0 saturated carbocycles. The summed E-state index contributed by atoms with van der Waals surface area (Å²) < 4.78 is 16.5. The number of hydrogen-bond acceptors (Lipinski definition) is 10. The fraction of sp³-hybridized carbons (Fsp3) is 0.316. The van der Waals surface area contributed by atoms with Gasteiger partial charge in [0, 0.05) is 18.2 Å². The van der Waals surface area contributed by atoms with E-state index in [0.717, 1.165) is 24.3 Å². The van der Waals surface area contributed by atoms with Crippen molar-refractivity contribution in [1.29, 1.82) is 0 Å². The van der Waals surface area contributed by atoms with Crippen LogP contribution in [0.25, 0.3) is 21.9 Å². The first-order valence-corrected chi connectivity index (χ1v) is 8.69. The third-order valence-electron chi connectivity index (χ3n) is 4.87. The molecule has 0 aliphatic carbocycles. The third-order valence-corrected chi connectivity index (χ3v) is 4.87. The molecule has 6 N–H and O–H groups in total. The Balaban J connectivity index is 1.87. The van der Waals surface area contributed by atoms with Crippen LogP contribution in [0.5, 0.6) is 23.0 Å². The Morgan fingerprint density at radius 2 is 1.59 bits per heavy atom. The van der Waals surface area contributed by atoms with Crippen molar-refractivity contribution in [3.05, 3.63) is 34.5 Å². The van der Waals surface area contributed by atoms with Crippen LogP contribution >= 0.6 is 0 Å². The maximum Gasteiger partial charge on any atom is 0.229 e. The number of aliphatic hydroxyl groups excluding tert-OH is 3. The standard InChI is InChI=1S/C19H18O10/c1-6-15(23)17(25)18(26)19(27-6)29-13-3-7(20)2-12-14(13)16(24)8-4-9(21)10(22)5-11(8)28-12/h2-6,15,17-23,25-26H,1H3/t6-,15-,17-,18-,19+/m0/s1. The predicted octanol–water partition coefficient (Wildman–Crippen LogP) is 0.269. The van der Waals surface area contributed by atoms with Gasteiger partial charge in [0.25, 0.3) is 0 Å². The molecule has 29 heavy (non-hydrogen) atoms. The number of phenolic OH excluding ortho intramolecular Hbond substituents is 3. The van der Waals surface area contributed by atoms with Gasteiger partial charge in [0.15, 0.2) is 11.5 Å². The number of fused-ring (bicyclic) bond motifs is 2. The summed E-state index contributed by atoms with van der Waals surface area (Å²) in [5.41, 5.74) is -0.748. The fourth-order valence-electron chi connectivity index (χ4n) is 3.28. The number of benzene rings is 2. The molecular formula is C19H18O10. The molecule has 10 nitrogen and oxygen atoms in total. The van der Waals surface area contributed by atoms with Gasteiger partial charge in [-0.15, -0.1) is 0 Å². The molecule has 10 heteroatoms. The van der Waals surface area contributed by atoms with Crippen LogP contribution in [0.4, 0.5) is 0 Å². The predicted molar refractivity (Wildman–Crippen MR) is 98.0 cm³/mol. The molecule has 3 aromatic rings. The van der Waals surface area contributed by atoms with Gasteiger partial charge >= 0.3 is 0 Å². The number of phenols is 3. The molecule has 0 unspecified atom stereocenters. The van der Waals surface area contributed by atoms with Gasteiger partial charge in [-0.05, 0) is 13.0 Å². The van der Waals surface area contributed by atoms with E-state index < -0.39 is 47.6 Å². The van der Waals surface area contributed by atoms with Gasteiger partial charge in [-0.3, -0.25) is 4.79 Å². The van der Waals surface area contributed by atoms with E-state index in [1.807, 2.05) is 0 Å². The van der Waals surface area contributed by atoms with Crippen LogP contribution < -0.4 is 10.2 Å². The molecule has 1 saturated heterocycles. The summed E-state index contributed by atoms with van der Waals surface area (Å²) in [6.07, 6.45) is -6.84. The Kier molecular flexibility index (Phi) is 4.50. The zero-order valence-electron chi connectivity index (χ0n) is 15.0. The van der Waals surface area contributed by atoms with Gasteiger partial charge in [0.2, 0.25) is 11.7 Å². The lowest BCUT2D eigenvalue weighted by Gasteiger charge is -2.38. The van der Waals surface area contributed by atoms with Crippen molar-refractivity contribution >= 4 is 21.9 Å². The minimum Gasteiger partial charge on any atom is -0.508 e. The first kappa shape index (κ1) is 19.3. The number of rotatable bonds is 2. The second-order valence-electron chi connectivity index (χ2n) is 6.88. The highest BCUT2D eigenvalue weighted by molar-refractivity contribution is 5.95. The number of hydrogen-bond donors (Lipinski definition) is 6. The minimum absolute atomic E-state index is 0.0320. The van der Waals surface area contributed by atoms with E-state index in [1.165, 1.54) is 6.92 Å².